The Morgan fingerprint density at radius 2 is 1.78 bits per heavy atom. The van der Waals surface area contributed by atoms with Crippen LogP contribution in [0.2, 0.25) is 5.02 Å². The number of likely N-dealkylation sites (tertiary alicyclic amines) is 1. The summed E-state index contributed by atoms with van der Waals surface area (Å²) in [6.45, 7) is 2.37. The number of Topliss-reactive ketones (excluding diaryl/α,β-unsaturated/α-hetero) is 1. The number of halogens is 1. The van der Waals surface area contributed by atoms with Gasteiger partial charge in [0.1, 0.15) is 11.5 Å². The predicted octanol–water partition coefficient (Wildman–Crippen LogP) is 6.06. The van der Waals surface area contributed by atoms with Crippen LogP contribution < -0.4 is 4.74 Å². The van der Waals surface area contributed by atoms with Crippen LogP contribution in [0.3, 0.4) is 0 Å². The Morgan fingerprint density at radius 1 is 1.05 bits per heavy atom. The Labute approximate surface area is 220 Å². The molecule has 188 valence electrons. The number of aryl methyl sites for hydroxylation is 1. The number of nitrogens with one attached hydrogen (secondary N) is 1. The number of carbonyl (C=O) groups excluding carboxylic acids is 2. The van der Waals surface area contributed by atoms with Gasteiger partial charge in [0.05, 0.1) is 18.7 Å². The van der Waals surface area contributed by atoms with Gasteiger partial charge >= 0.3 is 0 Å². The minimum atomic E-state index is -0.707. The molecular weight excluding hydrogens is 488 g/mol. The summed E-state index contributed by atoms with van der Waals surface area (Å²) in [5.41, 5.74) is 4.40. The van der Waals surface area contributed by atoms with Crippen LogP contribution in [0.5, 0.6) is 5.75 Å². The van der Waals surface area contributed by atoms with E-state index in [-0.39, 0.29) is 11.3 Å². The number of ketones is 1. The highest BCUT2D eigenvalue weighted by Gasteiger charge is 2.45. The van der Waals surface area contributed by atoms with Crippen molar-refractivity contribution in [1.29, 1.82) is 0 Å². The maximum Gasteiger partial charge on any atom is 0.295 e. The smallest absolute Gasteiger partial charge is 0.295 e. The average Bonchev–Trinajstić information content (AvgIpc) is 3.44. The monoisotopic (exact) mass is 514 g/mol. The quantitative estimate of drug-likeness (QED) is 0.178. The van der Waals surface area contributed by atoms with E-state index in [9.17, 15) is 14.7 Å². The molecule has 7 heteroatoms. The largest absolute Gasteiger partial charge is 0.507 e. The van der Waals surface area contributed by atoms with E-state index in [1.807, 2.05) is 48.7 Å². The molecule has 5 rings (SSSR count). The second-order valence-electron chi connectivity index (χ2n) is 9.07. The summed E-state index contributed by atoms with van der Waals surface area (Å²) in [7, 11) is 1.62. The van der Waals surface area contributed by atoms with Gasteiger partial charge in [-0.05, 0) is 72.0 Å². The van der Waals surface area contributed by atoms with Gasteiger partial charge in [0.15, 0.2) is 0 Å². The van der Waals surface area contributed by atoms with Crippen LogP contribution in [0.4, 0.5) is 0 Å². The molecule has 1 aliphatic rings. The number of hydrogen-bond acceptors (Lipinski definition) is 4. The fraction of sp³-hybridized carbons (Fsp3) is 0.200. The second kappa shape index (κ2) is 10.1. The van der Waals surface area contributed by atoms with Crippen LogP contribution in [0.1, 0.15) is 35.2 Å². The molecule has 1 fully saturated rings. The second-order valence-corrected chi connectivity index (χ2v) is 9.51. The number of fused-ring (bicyclic) bond motifs is 1. The van der Waals surface area contributed by atoms with Gasteiger partial charge in [0.2, 0.25) is 0 Å². The number of methoxy groups -OCH3 is 1. The molecular formula is C30H27ClN2O4. The molecule has 0 aliphatic carbocycles. The number of aromatic nitrogens is 1. The summed E-state index contributed by atoms with van der Waals surface area (Å²) in [5, 5.41) is 12.7. The maximum atomic E-state index is 13.3. The van der Waals surface area contributed by atoms with E-state index in [4.69, 9.17) is 16.3 Å². The minimum Gasteiger partial charge on any atom is -0.507 e. The van der Waals surface area contributed by atoms with Gasteiger partial charge in [-0.15, -0.1) is 0 Å². The lowest BCUT2D eigenvalue weighted by Gasteiger charge is -2.25. The van der Waals surface area contributed by atoms with Gasteiger partial charge < -0.3 is 19.7 Å². The Morgan fingerprint density at radius 3 is 2.46 bits per heavy atom. The molecule has 0 bridgehead atoms. The lowest BCUT2D eigenvalue weighted by molar-refractivity contribution is -0.139. The molecule has 0 radical (unpaired) electrons. The first-order valence-electron chi connectivity index (χ1n) is 12.2. The van der Waals surface area contributed by atoms with Crippen molar-refractivity contribution in [2.75, 3.05) is 13.7 Å². The molecule has 0 unspecified atom stereocenters. The van der Waals surface area contributed by atoms with Crippen molar-refractivity contribution >= 4 is 40.0 Å². The van der Waals surface area contributed by atoms with Crippen LogP contribution in [0, 0.1) is 0 Å². The molecule has 1 atom stereocenters. The number of hydrogen-bond donors (Lipinski definition) is 2. The molecule has 1 aliphatic heterocycles. The number of nitrogens with zero attached hydrogens (tertiary/aromatic N) is 1. The fourth-order valence-electron chi connectivity index (χ4n) is 4.89. The summed E-state index contributed by atoms with van der Waals surface area (Å²) in [6.07, 6.45) is 3.31. The molecule has 3 aromatic carbocycles. The summed E-state index contributed by atoms with van der Waals surface area (Å²) in [6, 6.07) is 19.5. The summed E-state index contributed by atoms with van der Waals surface area (Å²) in [4.78, 5) is 31.4. The Kier molecular flexibility index (Phi) is 6.76. The highest BCUT2D eigenvalue weighted by molar-refractivity contribution is 6.46. The topological polar surface area (TPSA) is 82.6 Å². The molecule has 0 spiro atoms. The van der Waals surface area contributed by atoms with Crippen LogP contribution in [-0.4, -0.2) is 40.3 Å². The lowest BCUT2D eigenvalue weighted by Crippen LogP contribution is -2.31. The Hall–Kier alpha value is -4.03. The summed E-state index contributed by atoms with van der Waals surface area (Å²) >= 11 is 6.02. The zero-order valence-corrected chi connectivity index (χ0v) is 21.4. The number of aromatic amines is 1. The zero-order valence-electron chi connectivity index (χ0n) is 20.6. The molecule has 2 N–H and O–H groups in total. The van der Waals surface area contributed by atoms with Gasteiger partial charge in [-0.3, -0.25) is 9.59 Å². The highest BCUT2D eigenvalue weighted by atomic mass is 35.5. The first kappa shape index (κ1) is 24.7. The number of carbonyl (C=O) groups is 2. The Bertz CT molecular complexity index is 1500. The molecule has 4 aromatic rings. The van der Waals surface area contributed by atoms with Crippen molar-refractivity contribution in [2.24, 2.45) is 0 Å². The molecule has 2 heterocycles. The molecule has 1 saturated heterocycles. The van der Waals surface area contributed by atoms with Crippen molar-refractivity contribution < 1.29 is 19.4 Å². The summed E-state index contributed by atoms with van der Waals surface area (Å²) in [5.74, 6) is -0.790. The van der Waals surface area contributed by atoms with E-state index in [1.165, 1.54) is 0 Å². The number of aliphatic hydroxyl groups excluding tert-OH is 1. The normalized spacial score (nSPS) is 17.1. The first-order chi connectivity index (χ1) is 17.9. The van der Waals surface area contributed by atoms with Crippen molar-refractivity contribution in [1.82, 2.24) is 9.88 Å². The van der Waals surface area contributed by atoms with E-state index in [1.54, 1.807) is 36.3 Å². The van der Waals surface area contributed by atoms with Crippen molar-refractivity contribution in [3.63, 3.8) is 0 Å². The van der Waals surface area contributed by atoms with Gasteiger partial charge in [0.25, 0.3) is 11.7 Å². The van der Waals surface area contributed by atoms with Crippen molar-refractivity contribution in [2.45, 2.75) is 25.8 Å². The average molecular weight is 515 g/mol. The first-order valence-corrected chi connectivity index (χ1v) is 12.6. The number of amides is 1. The number of aliphatic hydroxyl groups is 1. The predicted molar refractivity (Wildman–Crippen MR) is 145 cm³/mol. The van der Waals surface area contributed by atoms with Gasteiger partial charge in [0, 0.05) is 34.2 Å². The van der Waals surface area contributed by atoms with E-state index >= 15 is 0 Å². The SMILES string of the molecule is CCc1ccc([C@H]2C(=C(O)c3ccc(Cl)cc3)C(=O)C(=O)N2CCc2c[nH]c3ccc(OC)cc23)cc1. The molecule has 0 saturated carbocycles. The third-order valence-electron chi connectivity index (χ3n) is 6.96. The highest BCUT2D eigenvalue weighted by Crippen LogP contribution is 2.40. The van der Waals surface area contributed by atoms with Gasteiger partial charge in [-0.25, -0.2) is 0 Å². The molecule has 37 heavy (non-hydrogen) atoms. The number of H-pyrrole nitrogens is 1. The van der Waals surface area contributed by atoms with Crippen molar-refractivity contribution in [3.05, 3.63) is 106 Å². The zero-order chi connectivity index (χ0) is 26.1. The van der Waals surface area contributed by atoms with E-state index in [0.717, 1.165) is 39.8 Å². The molecule has 1 amide bonds. The van der Waals surface area contributed by atoms with Crippen LogP contribution in [0.15, 0.2) is 78.5 Å². The number of rotatable bonds is 7. The van der Waals surface area contributed by atoms with Crippen molar-refractivity contribution in [3.8, 4) is 5.75 Å². The van der Waals surface area contributed by atoms with Crippen LogP contribution in [0.25, 0.3) is 16.7 Å². The standard InChI is InChI=1S/C30H27ClN2O4/c1-3-18-4-6-19(7-5-18)27-26(28(34)20-8-10-22(31)11-9-20)29(35)30(36)33(27)15-14-21-17-32-25-13-12-23(37-2)16-24(21)25/h4-13,16-17,27,32,34H,3,14-15H2,1-2H3/t27-/m0/s1. The number of benzene rings is 3. The van der Waals surface area contributed by atoms with E-state index < -0.39 is 17.7 Å². The molecule has 1 aromatic heterocycles. The third-order valence-corrected chi connectivity index (χ3v) is 7.21. The van der Waals surface area contributed by atoms with Gasteiger partial charge in [-0.1, -0.05) is 42.8 Å². The van der Waals surface area contributed by atoms with Crippen LogP contribution in [-0.2, 0) is 22.4 Å². The van der Waals surface area contributed by atoms with Gasteiger partial charge in [-0.2, -0.15) is 0 Å². The summed E-state index contributed by atoms with van der Waals surface area (Å²) < 4.78 is 5.37. The van der Waals surface area contributed by atoms with E-state index in [0.29, 0.717) is 23.6 Å². The number of ether oxygens (including phenoxy) is 1. The third kappa shape index (κ3) is 4.60. The maximum absolute atomic E-state index is 13.3. The fourth-order valence-corrected chi connectivity index (χ4v) is 5.01. The Balaban J connectivity index is 1.55. The van der Waals surface area contributed by atoms with E-state index in [2.05, 4.69) is 11.9 Å². The molecule has 6 nitrogen and oxygen atoms in total. The van der Waals surface area contributed by atoms with Crippen LogP contribution >= 0.6 is 11.6 Å². The lowest BCUT2D eigenvalue weighted by atomic mass is 9.94. The minimum absolute atomic E-state index is 0.0807.